The van der Waals surface area contributed by atoms with Crippen LogP contribution in [0.3, 0.4) is 0 Å². The second-order valence-electron chi connectivity index (χ2n) is 8.16. The maximum atomic E-state index is 6.09. The Labute approximate surface area is 193 Å². The summed E-state index contributed by atoms with van der Waals surface area (Å²) in [6, 6.07) is 16.1. The van der Waals surface area contributed by atoms with Crippen LogP contribution in [0.15, 0.2) is 54.7 Å². The summed E-state index contributed by atoms with van der Waals surface area (Å²) in [5, 5.41) is 9.97. The lowest BCUT2D eigenvalue weighted by molar-refractivity contribution is 0.793. The standard InChI is InChI=1S/C25H27ClN6/c26-18-9-10-19-21(11-14-28-23(19)17-18)27-12-3-4-13-29-24-20-7-1-2-8-22(20)30-25(31-24)32-15-5-6-16-32/h1-2,7-11,14,17H,3-6,12-13,15-16H2,(H,27,28)(H,29,30,31). The molecular formula is C25H27ClN6. The van der Waals surface area contributed by atoms with Gasteiger partial charge in [-0.3, -0.25) is 4.98 Å². The van der Waals surface area contributed by atoms with E-state index in [1.807, 2.05) is 42.6 Å². The molecule has 5 rings (SSSR count). The third-order valence-electron chi connectivity index (χ3n) is 5.90. The Kier molecular flexibility index (Phi) is 6.21. The number of rotatable bonds is 8. The SMILES string of the molecule is Clc1ccc2c(NCCCCNc3nc(N4CCCC4)nc4ccccc34)ccnc2c1. The monoisotopic (exact) mass is 446 g/mol. The maximum absolute atomic E-state index is 6.09. The van der Waals surface area contributed by atoms with Gasteiger partial charge in [-0.1, -0.05) is 23.7 Å². The molecule has 0 spiro atoms. The average molecular weight is 447 g/mol. The first kappa shape index (κ1) is 20.8. The van der Waals surface area contributed by atoms with Crippen LogP contribution in [-0.2, 0) is 0 Å². The number of hydrogen-bond acceptors (Lipinski definition) is 6. The quantitative estimate of drug-likeness (QED) is 0.336. The minimum Gasteiger partial charge on any atom is -0.384 e. The van der Waals surface area contributed by atoms with E-state index in [1.165, 1.54) is 12.8 Å². The van der Waals surface area contributed by atoms with Crippen molar-refractivity contribution in [3.05, 3.63) is 59.8 Å². The Morgan fingerprint density at radius 3 is 2.53 bits per heavy atom. The Bertz CT molecular complexity index is 1220. The highest BCUT2D eigenvalue weighted by Crippen LogP contribution is 2.26. The van der Waals surface area contributed by atoms with Crippen molar-refractivity contribution in [2.75, 3.05) is 41.7 Å². The molecule has 1 fully saturated rings. The molecular weight excluding hydrogens is 420 g/mol. The van der Waals surface area contributed by atoms with Gasteiger partial charge < -0.3 is 15.5 Å². The summed E-state index contributed by atoms with van der Waals surface area (Å²) in [6.45, 7) is 3.85. The van der Waals surface area contributed by atoms with Gasteiger partial charge in [-0.15, -0.1) is 0 Å². The number of halogens is 1. The third-order valence-corrected chi connectivity index (χ3v) is 6.13. The molecule has 0 aliphatic carbocycles. The van der Waals surface area contributed by atoms with Gasteiger partial charge in [0.1, 0.15) is 5.82 Å². The second-order valence-corrected chi connectivity index (χ2v) is 8.60. The van der Waals surface area contributed by atoms with Crippen molar-refractivity contribution in [3.63, 3.8) is 0 Å². The van der Waals surface area contributed by atoms with Gasteiger partial charge in [-0.05, 0) is 62.1 Å². The van der Waals surface area contributed by atoms with E-state index in [9.17, 15) is 0 Å². The molecule has 0 saturated carbocycles. The summed E-state index contributed by atoms with van der Waals surface area (Å²) < 4.78 is 0. The predicted molar refractivity (Wildman–Crippen MR) is 134 cm³/mol. The van der Waals surface area contributed by atoms with Gasteiger partial charge >= 0.3 is 0 Å². The fraction of sp³-hybridized carbons (Fsp3) is 0.320. The number of unbranched alkanes of at least 4 members (excludes halogenated alkanes) is 1. The zero-order valence-corrected chi connectivity index (χ0v) is 18.8. The number of nitrogens with one attached hydrogen (secondary N) is 2. The van der Waals surface area contributed by atoms with Crippen molar-refractivity contribution < 1.29 is 0 Å². The number of benzene rings is 2. The minimum atomic E-state index is 0.707. The third kappa shape index (κ3) is 4.55. The van der Waals surface area contributed by atoms with E-state index >= 15 is 0 Å². The smallest absolute Gasteiger partial charge is 0.227 e. The summed E-state index contributed by atoms with van der Waals surface area (Å²) >= 11 is 6.09. The van der Waals surface area contributed by atoms with E-state index in [-0.39, 0.29) is 0 Å². The molecule has 0 unspecified atom stereocenters. The van der Waals surface area contributed by atoms with E-state index < -0.39 is 0 Å². The van der Waals surface area contributed by atoms with E-state index in [4.69, 9.17) is 21.6 Å². The largest absolute Gasteiger partial charge is 0.384 e. The maximum Gasteiger partial charge on any atom is 0.227 e. The highest BCUT2D eigenvalue weighted by Gasteiger charge is 2.17. The Hall–Kier alpha value is -3.12. The van der Waals surface area contributed by atoms with Crippen molar-refractivity contribution in [2.24, 2.45) is 0 Å². The van der Waals surface area contributed by atoms with Crippen molar-refractivity contribution in [2.45, 2.75) is 25.7 Å². The summed E-state index contributed by atoms with van der Waals surface area (Å²) in [6.07, 6.45) is 6.34. The predicted octanol–water partition coefficient (Wildman–Crippen LogP) is 5.74. The molecule has 3 heterocycles. The number of hydrogen-bond donors (Lipinski definition) is 2. The highest BCUT2D eigenvalue weighted by atomic mass is 35.5. The lowest BCUT2D eigenvalue weighted by Crippen LogP contribution is -2.21. The van der Waals surface area contributed by atoms with Crippen LogP contribution in [0.4, 0.5) is 17.5 Å². The normalized spacial score (nSPS) is 13.7. The number of nitrogens with zero attached hydrogens (tertiary/aromatic N) is 4. The fourth-order valence-corrected chi connectivity index (χ4v) is 4.38. The van der Waals surface area contributed by atoms with E-state index in [2.05, 4.69) is 32.7 Å². The number of pyridine rings is 1. The Morgan fingerprint density at radius 1 is 0.844 bits per heavy atom. The van der Waals surface area contributed by atoms with E-state index in [1.54, 1.807) is 0 Å². The summed E-state index contributed by atoms with van der Waals surface area (Å²) in [4.78, 5) is 16.3. The van der Waals surface area contributed by atoms with Crippen LogP contribution in [0.25, 0.3) is 21.8 Å². The van der Waals surface area contributed by atoms with Crippen LogP contribution in [0.2, 0.25) is 5.02 Å². The van der Waals surface area contributed by atoms with E-state index in [0.29, 0.717) is 5.02 Å². The topological polar surface area (TPSA) is 66.0 Å². The first-order chi connectivity index (χ1) is 15.8. The molecule has 1 aliphatic heterocycles. The Balaban J connectivity index is 1.18. The number of para-hydroxylation sites is 1. The molecule has 2 aromatic carbocycles. The first-order valence-corrected chi connectivity index (χ1v) is 11.7. The zero-order valence-electron chi connectivity index (χ0n) is 18.0. The van der Waals surface area contributed by atoms with Gasteiger partial charge in [0.2, 0.25) is 5.95 Å². The Morgan fingerprint density at radius 2 is 1.66 bits per heavy atom. The lowest BCUT2D eigenvalue weighted by Gasteiger charge is -2.18. The minimum absolute atomic E-state index is 0.707. The van der Waals surface area contributed by atoms with Crippen LogP contribution in [0.5, 0.6) is 0 Å². The summed E-state index contributed by atoms with van der Waals surface area (Å²) in [7, 11) is 0. The molecule has 0 amide bonds. The zero-order chi connectivity index (χ0) is 21.8. The molecule has 164 valence electrons. The van der Waals surface area contributed by atoms with Gasteiger partial charge in [-0.25, -0.2) is 4.98 Å². The number of aromatic nitrogens is 3. The van der Waals surface area contributed by atoms with Crippen molar-refractivity contribution >= 4 is 50.9 Å². The molecule has 4 aromatic rings. The van der Waals surface area contributed by atoms with Crippen LogP contribution >= 0.6 is 11.6 Å². The molecule has 2 aromatic heterocycles. The van der Waals surface area contributed by atoms with Crippen LogP contribution in [-0.4, -0.2) is 41.1 Å². The molecule has 0 atom stereocenters. The van der Waals surface area contributed by atoms with Gasteiger partial charge in [0.05, 0.1) is 11.0 Å². The molecule has 2 N–H and O–H groups in total. The lowest BCUT2D eigenvalue weighted by atomic mass is 10.2. The van der Waals surface area contributed by atoms with Crippen molar-refractivity contribution in [3.8, 4) is 0 Å². The summed E-state index contributed by atoms with van der Waals surface area (Å²) in [5.41, 5.74) is 3.00. The number of anilines is 3. The van der Waals surface area contributed by atoms with Crippen molar-refractivity contribution in [1.82, 2.24) is 15.0 Å². The average Bonchev–Trinajstić information content (AvgIpc) is 3.36. The van der Waals surface area contributed by atoms with Gasteiger partial charge in [0, 0.05) is 53.9 Å². The second kappa shape index (κ2) is 9.57. The molecule has 0 bridgehead atoms. The molecule has 7 heteroatoms. The molecule has 0 radical (unpaired) electrons. The van der Waals surface area contributed by atoms with Crippen LogP contribution < -0.4 is 15.5 Å². The summed E-state index contributed by atoms with van der Waals surface area (Å²) in [5.74, 6) is 1.78. The van der Waals surface area contributed by atoms with Gasteiger partial charge in [-0.2, -0.15) is 4.98 Å². The molecule has 6 nitrogen and oxygen atoms in total. The fourth-order valence-electron chi connectivity index (χ4n) is 4.21. The molecule has 1 saturated heterocycles. The van der Waals surface area contributed by atoms with E-state index in [0.717, 1.165) is 78.3 Å². The molecule has 32 heavy (non-hydrogen) atoms. The van der Waals surface area contributed by atoms with Crippen molar-refractivity contribution in [1.29, 1.82) is 0 Å². The van der Waals surface area contributed by atoms with Gasteiger partial charge in [0.25, 0.3) is 0 Å². The van der Waals surface area contributed by atoms with Crippen LogP contribution in [0, 0.1) is 0 Å². The van der Waals surface area contributed by atoms with Crippen LogP contribution in [0.1, 0.15) is 25.7 Å². The first-order valence-electron chi connectivity index (χ1n) is 11.3. The van der Waals surface area contributed by atoms with Gasteiger partial charge in [0.15, 0.2) is 0 Å². The highest BCUT2D eigenvalue weighted by molar-refractivity contribution is 6.31. The molecule has 1 aliphatic rings. The number of fused-ring (bicyclic) bond motifs is 2.